The van der Waals surface area contributed by atoms with E-state index < -0.39 is 19.8 Å². The van der Waals surface area contributed by atoms with Crippen LogP contribution in [0.25, 0.3) is 0 Å². The molecule has 1 saturated heterocycles. The molecule has 1 unspecified atom stereocenters. The van der Waals surface area contributed by atoms with Crippen LogP contribution in [0, 0.1) is 5.92 Å². The van der Waals surface area contributed by atoms with Crippen molar-refractivity contribution in [2.45, 2.75) is 76.7 Å². The average Bonchev–Trinajstić information content (AvgIpc) is 3.19. The Morgan fingerprint density at radius 2 is 1.94 bits per heavy atom. The molecule has 0 radical (unpaired) electrons. The Balaban J connectivity index is 1.88. The molecular formula is C25H38N2O6Si. The highest BCUT2D eigenvalue weighted by Gasteiger charge is 2.65. The molecule has 3 aliphatic rings. The minimum Gasteiger partial charge on any atom is -0.475 e. The van der Waals surface area contributed by atoms with Crippen molar-refractivity contribution in [2.24, 2.45) is 5.92 Å². The summed E-state index contributed by atoms with van der Waals surface area (Å²) in [5, 5.41) is 3.99. The second-order valence-corrected chi connectivity index (χ2v) is 15.8. The zero-order valence-electron chi connectivity index (χ0n) is 21.3. The summed E-state index contributed by atoms with van der Waals surface area (Å²) >= 11 is 0. The van der Waals surface area contributed by atoms with Crippen LogP contribution >= 0.6 is 0 Å². The first kappa shape index (κ1) is 25.3. The molecule has 2 heterocycles. The summed E-state index contributed by atoms with van der Waals surface area (Å²) in [5.74, 6) is -0.410. The highest BCUT2D eigenvalue weighted by molar-refractivity contribution is 6.74. The normalized spacial score (nSPS) is 28.1. The highest BCUT2D eigenvalue weighted by Crippen LogP contribution is 2.54. The number of ketones is 2. The van der Waals surface area contributed by atoms with Crippen LogP contribution in [0.4, 0.5) is 0 Å². The van der Waals surface area contributed by atoms with Gasteiger partial charge < -0.3 is 18.4 Å². The van der Waals surface area contributed by atoms with Crippen LogP contribution in [0.1, 0.15) is 69.1 Å². The van der Waals surface area contributed by atoms with Crippen molar-refractivity contribution in [3.63, 3.8) is 0 Å². The summed E-state index contributed by atoms with van der Waals surface area (Å²) in [6.07, 6.45) is 5.71. The first-order valence-corrected chi connectivity index (χ1v) is 15.4. The number of aromatic nitrogens is 1. The average molecular weight is 491 g/mol. The van der Waals surface area contributed by atoms with Gasteiger partial charge >= 0.3 is 0 Å². The number of unbranched alkanes of at least 4 members (excludes halogenated alkanes) is 1. The van der Waals surface area contributed by atoms with E-state index in [2.05, 4.69) is 50.8 Å². The number of ether oxygens (including phenoxy) is 2. The summed E-state index contributed by atoms with van der Waals surface area (Å²) in [7, 11) is -2.53. The largest absolute Gasteiger partial charge is 0.475 e. The van der Waals surface area contributed by atoms with Crippen LogP contribution < -0.4 is 4.74 Å². The van der Waals surface area contributed by atoms with Crippen LogP contribution in [0.5, 0.6) is 5.88 Å². The Morgan fingerprint density at radius 1 is 1.24 bits per heavy atom. The van der Waals surface area contributed by atoms with E-state index in [0.717, 1.165) is 12.8 Å². The fourth-order valence-electron chi connectivity index (χ4n) is 4.91. The molecule has 34 heavy (non-hydrogen) atoms. The number of hydrogen-bond acceptors (Lipinski definition) is 8. The molecule has 8 nitrogen and oxygen atoms in total. The number of allylic oxidation sites excluding steroid dienone is 1. The lowest BCUT2D eigenvalue weighted by molar-refractivity contribution is -0.137. The quantitative estimate of drug-likeness (QED) is 0.317. The maximum absolute atomic E-state index is 14.4. The monoisotopic (exact) mass is 490 g/mol. The van der Waals surface area contributed by atoms with E-state index in [1.54, 1.807) is 0 Å². The van der Waals surface area contributed by atoms with Crippen LogP contribution in [-0.4, -0.2) is 68.5 Å². The number of Topliss-reactive ketones (excluding diaryl/α,β-unsaturated/α-hetero) is 1. The first-order valence-electron chi connectivity index (χ1n) is 12.4. The number of carbonyl (C=O) groups excluding carboxylic acids is 2. The zero-order chi connectivity index (χ0) is 24.7. The van der Waals surface area contributed by atoms with Crippen molar-refractivity contribution >= 4 is 19.9 Å². The van der Waals surface area contributed by atoms with Gasteiger partial charge in [-0.15, -0.1) is 0 Å². The van der Waals surface area contributed by atoms with Crippen molar-refractivity contribution in [2.75, 3.05) is 32.9 Å². The van der Waals surface area contributed by atoms with Crippen molar-refractivity contribution < 1.29 is 28.0 Å². The lowest BCUT2D eigenvalue weighted by Gasteiger charge is -2.52. The van der Waals surface area contributed by atoms with Crippen molar-refractivity contribution in [3.05, 3.63) is 23.5 Å². The second kappa shape index (κ2) is 9.33. The molecule has 1 aromatic rings. The third kappa shape index (κ3) is 4.10. The maximum atomic E-state index is 14.4. The Morgan fingerprint density at radius 3 is 2.59 bits per heavy atom. The maximum Gasteiger partial charge on any atom is 0.265 e. The number of hydrogen-bond donors (Lipinski definition) is 0. The summed E-state index contributed by atoms with van der Waals surface area (Å²) in [6.45, 7) is 15.5. The molecule has 4 rings (SSSR count). The van der Waals surface area contributed by atoms with E-state index in [4.69, 9.17) is 18.4 Å². The molecule has 3 atom stereocenters. The molecule has 1 aromatic heterocycles. The van der Waals surface area contributed by atoms with Gasteiger partial charge in [-0.3, -0.25) is 14.5 Å². The van der Waals surface area contributed by atoms with Gasteiger partial charge in [0.2, 0.25) is 5.78 Å². The molecule has 9 heteroatoms. The van der Waals surface area contributed by atoms with Gasteiger partial charge in [-0.05, 0) is 42.2 Å². The Bertz CT molecular complexity index is 959. The summed E-state index contributed by atoms with van der Waals surface area (Å²) < 4.78 is 24.2. The van der Waals surface area contributed by atoms with Gasteiger partial charge in [0.05, 0.1) is 25.9 Å². The van der Waals surface area contributed by atoms with Gasteiger partial charge in [-0.1, -0.05) is 40.2 Å². The third-order valence-electron chi connectivity index (χ3n) is 7.85. The SMILES string of the molecule is CCCCOc1noc2c1C(=O)[C@@]1(O[Si](C)(C)C(C)(C)C)C(=O)C=CCC1[C@@H]2N1CCOCC1. The molecule has 1 aliphatic heterocycles. The summed E-state index contributed by atoms with van der Waals surface area (Å²) in [6, 6.07) is -0.328. The van der Waals surface area contributed by atoms with Gasteiger partial charge in [0, 0.05) is 19.0 Å². The second-order valence-electron chi connectivity index (χ2n) is 11.1. The minimum atomic E-state index is -2.53. The van der Waals surface area contributed by atoms with Gasteiger partial charge in [0.1, 0.15) is 5.56 Å². The molecule has 0 bridgehead atoms. The van der Waals surface area contributed by atoms with Crippen LogP contribution in [0.15, 0.2) is 16.7 Å². The molecule has 0 spiro atoms. The van der Waals surface area contributed by atoms with Crippen molar-refractivity contribution in [3.8, 4) is 5.88 Å². The molecule has 0 aromatic carbocycles. The van der Waals surface area contributed by atoms with Crippen molar-refractivity contribution in [1.29, 1.82) is 0 Å². The molecule has 0 N–H and O–H groups in total. The van der Waals surface area contributed by atoms with Crippen LogP contribution in [0.3, 0.4) is 0 Å². The topological polar surface area (TPSA) is 91.1 Å². The lowest BCUT2D eigenvalue weighted by atomic mass is 9.65. The fraction of sp³-hybridized carbons (Fsp3) is 0.720. The van der Waals surface area contributed by atoms with E-state index in [-0.39, 0.29) is 34.1 Å². The Hall–Kier alpha value is -1.81. The molecule has 188 valence electrons. The van der Waals surface area contributed by atoms with Gasteiger partial charge in [0.25, 0.3) is 5.88 Å². The Kier molecular flexibility index (Phi) is 6.94. The third-order valence-corrected chi connectivity index (χ3v) is 12.3. The summed E-state index contributed by atoms with van der Waals surface area (Å²) in [5.41, 5.74) is -1.34. The lowest BCUT2D eigenvalue weighted by Crippen LogP contribution is -2.66. The van der Waals surface area contributed by atoms with E-state index in [9.17, 15) is 9.59 Å². The standard InChI is InChI=1S/C25H38N2O6Si/c1-7-8-14-31-23-19-21(32-26-23)20(27-12-15-30-16-13-27)17-10-9-11-18(28)25(17,22(19)29)33-34(5,6)24(2,3)4/h9,11,17,20H,7-8,10,12-16H2,1-6H3/t17?,20-,25-/m0/s1. The van der Waals surface area contributed by atoms with Gasteiger partial charge in [-0.2, -0.15) is 0 Å². The van der Waals surface area contributed by atoms with E-state index in [1.165, 1.54) is 6.08 Å². The van der Waals surface area contributed by atoms with Gasteiger partial charge in [-0.25, -0.2) is 0 Å². The number of nitrogens with zero attached hydrogens (tertiary/aromatic N) is 2. The molecule has 0 saturated carbocycles. The molecule has 0 amide bonds. The molecule has 2 aliphatic carbocycles. The van der Waals surface area contributed by atoms with Gasteiger partial charge in [0.15, 0.2) is 25.5 Å². The van der Waals surface area contributed by atoms with Crippen LogP contribution in [-0.2, 0) is 14.0 Å². The molecular weight excluding hydrogens is 452 g/mol. The number of carbonyl (C=O) groups is 2. The smallest absolute Gasteiger partial charge is 0.265 e. The number of fused-ring (bicyclic) bond motifs is 2. The first-order chi connectivity index (χ1) is 16.0. The molecule has 1 fully saturated rings. The van der Waals surface area contributed by atoms with E-state index in [0.29, 0.717) is 45.1 Å². The highest BCUT2D eigenvalue weighted by atomic mass is 28.4. The fourth-order valence-corrected chi connectivity index (χ4v) is 6.36. The van der Waals surface area contributed by atoms with Crippen LogP contribution in [0.2, 0.25) is 18.1 Å². The summed E-state index contributed by atoms with van der Waals surface area (Å²) in [4.78, 5) is 30.3. The van der Waals surface area contributed by atoms with E-state index in [1.807, 2.05) is 6.08 Å². The number of morpholine rings is 1. The Labute approximate surface area is 203 Å². The van der Waals surface area contributed by atoms with Crippen molar-refractivity contribution in [1.82, 2.24) is 10.1 Å². The zero-order valence-corrected chi connectivity index (χ0v) is 22.3. The predicted octanol–water partition coefficient (Wildman–Crippen LogP) is 4.33. The number of rotatable bonds is 7. The predicted molar refractivity (Wildman–Crippen MR) is 130 cm³/mol. The minimum absolute atomic E-state index is 0.172. The van der Waals surface area contributed by atoms with E-state index >= 15 is 0 Å².